The summed E-state index contributed by atoms with van der Waals surface area (Å²) in [4.78, 5) is 29.4. The maximum atomic E-state index is 10.6. The lowest BCUT2D eigenvalue weighted by Gasteiger charge is -2.41. The summed E-state index contributed by atoms with van der Waals surface area (Å²) in [5.41, 5.74) is 16.2. The molecule has 10 aromatic carbocycles. The molecule has 11 aromatic rings. The highest BCUT2D eigenvalue weighted by Gasteiger charge is 2.34. The molecule has 0 saturated heterocycles. The molecule has 346 valence electrons. The minimum Gasteiger partial charge on any atom is -0.306 e. The zero-order valence-electron chi connectivity index (χ0n) is 39.7. The molecule has 2 aliphatic rings. The SMILES string of the molecule is [C-]#[N+]c1ccccc1-c1ccc(N2c3ccccc3N(c3ccccc3)c3ccccc32)c(-c2nc(-c3ccccc3)nc(-c3ccc(C#N)cc3N3c4ccccc4N(c4ccccc4)c4ccccc43)n2)c1. The second-order valence-corrected chi connectivity index (χ2v) is 17.8. The van der Waals surface area contributed by atoms with E-state index in [1.54, 1.807) is 0 Å². The lowest BCUT2D eigenvalue weighted by molar-refractivity contribution is 1.07. The maximum Gasteiger partial charge on any atom is 0.194 e. The minimum atomic E-state index is 0.418. The van der Waals surface area contributed by atoms with Crippen LogP contribution < -0.4 is 19.6 Å². The monoisotopic (exact) mass is 947 g/mol. The normalized spacial score (nSPS) is 12.2. The van der Waals surface area contributed by atoms with Gasteiger partial charge in [0, 0.05) is 28.1 Å². The first kappa shape index (κ1) is 43.4. The summed E-state index contributed by atoms with van der Waals surface area (Å²) < 4.78 is 0. The molecule has 0 saturated carbocycles. The van der Waals surface area contributed by atoms with Gasteiger partial charge in [0.15, 0.2) is 23.2 Å². The number of nitrogens with zero attached hydrogens (tertiary/aromatic N) is 9. The van der Waals surface area contributed by atoms with Crippen molar-refractivity contribution in [1.29, 1.82) is 5.26 Å². The molecule has 9 nitrogen and oxygen atoms in total. The second kappa shape index (κ2) is 18.3. The molecular weight excluding hydrogens is 907 g/mol. The van der Waals surface area contributed by atoms with E-state index in [9.17, 15) is 5.26 Å². The van der Waals surface area contributed by atoms with E-state index >= 15 is 0 Å². The number of fused-ring (bicyclic) bond motifs is 4. The Morgan fingerprint density at radius 3 is 1.24 bits per heavy atom. The van der Waals surface area contributed by atoms with Gasteiger partial charge in [0.05, 0.1) is 75.1 Å². The topological polar surface area (TPSA) is 79.8 Å². The number of benzene rings is 10. The van der Waals surface area contributed by atoms with Gasteiger partial charge in [-0.3, -0.25) is 0 Å². The largest absolute Gasteiger partial charge is 0.306 e. The van der Waals surface area contributed by atoms with E-state index in [1.807, 2.05) is 97.1 Å². The Morgan fingerprint density at radius 1 is 0.324 bits per heavy atom. The van der Waals surface area contributed by atoms with Crippen molar-refractivity contribution in [2.45, 2.75) is 0 Å². The Bertz CT molecular complexity index is 3940. The van der Waals surface area contributed by atoms with Crippen molar-refractivity contribution in [1.82, 2.24) is 15.0 Å². The highest BCUT2D eigenvalue weighted by molar-refractivity contribution is 6.06. The molecule has 9 heteroatoms. The number of nitriles is 1. The highest BCUT2D eigenvalue weighted by atomic mass is 15.3. The van der Waals surface area contributed by atoms with Crippen molar-refractivity contribution in [3.05, 3.63) is 266 Å². The average Bonchev–Trinajstić information content (AvgIpc) is 3.48. The van der Waals surface area contributed by atoms with Crippen LogP contribution in [0.4, 0.5) is 73.9 Å². The molecule has 0 unspecified atom stereocenters. The zero-order valence-corrected chi connectivity index (χ0v) is 39.7. The van der Waals surface area contributed by atoms with E-state index in [0.29, 0.717) is 34.3 Å². The van der Waals surface area contributed by atoms with Gasteiger partial charge < -0.3 is 19.6 Å². The van der Waals surface area contributed by atoms with Crippen molar-refractivity contribution in [3.8, 4) is 51.4 Å². The molecule has 3 heterocycles. The summed E-state index contributed by atoms with van der Waals surface area (Å²) in [5, 5.41) is 10.6. The average molecular weight is 948 g/mol. The first-order valence-electron chi connectivity index (χ1n) is 24.3. The molecule has 0 amide bonds. The Balaban J connectivity index is 1.07. The Labute approximate surface area is 428 Å². The van der Waals surface area contributed by atoms with Gasteiger partial charge in [0.2, 0.25) is 0 Å². The molecule has 1 aromatic heterocycles. The fourth-order valence-electron chi connectivity index (χ4n) is 10.3. The van der Waals surface area contributed by atoms with Crippen LogP contribution in [-0.2, 0) is 0 Å². The van der Waals surface area contributed by atoms with Gasteiger partial charge in [0.1, 0.15) is 0 Å². The summed E-state index contributed by atoms with van der Waals surface area (Å²) >= 11 is 0. The minimum absolute atomic E-state index is 0.418. The molecule has 13 rings (SSSR count). The number of aromatic nitrogens is 3. The van der Waals surface area contributed by atoms with Gasteiger partial charge in [-0.05, 0) is 114 Å². The number of hydrogen-bond donors (Lipinski definition) is 0. The third-order valence-electron chi connectivity index (χ3n) is 13.6. The standard InChI is InChI=1S/C65H41N9/c1-67-52-28-12-11-27-49(52)46-38-40-53(73-58-33-17-13-29-54(58)71(47-23-7-3-8-24-47)55-30-14-18-34-59(55)73)51(42-46)65-69-63(45-21-5-2-6-22-45)68-64(70-65)50-39-37-44(43-66)41-62(50)74-60-35-19-15-31-56(60)72(48-25-9-4-10-26-48)57-32-16-20-36-61(57)74/h2-42H. The quantitative estimate of drug-likeness (QED) is 0.139. The van der Waals surface area contributed by atoms with E-state index in [-0.39, 0.29) is 0 Å². The van der Waals surface area contributed by atoms with Crippen molar-refractivity contribution in [2.24, 2.45) is 0 Å². The summed E-state index contributed by atoms with van der Waals surface area (Å²) in [6, 6.07) is 86.5. The highest BCUT2D eigenvalue weighted by Crippen LogP contribution is 2.57. The molecule has 0 atom stereocenters. The summed E-state index contributed by atoms with van der Waals surface area (Å²) in [6.45, 7) is 8.19. The predicted octanol–water partition coefficient (Wildman–Crippen LogP) is 17.5. The van der Waals surface area contributed by atoms with E-state index in [2.05, 4.69) is 182 Å². The van der Waals surface area contributed by atoms with Crippen LogP contribution in [0.5, 0.6) is 0 Å². The first-order valence-corrected chi connectivity index (χ1v) is 24.3. The summed E-state index contributed by atoms with van der Waals surface area (Å²) in [5.74, 6) is 1.32. The molecule has 0 fully saturated rings. The summed E-state index contributed by atoms with van der Waals surface area (Å²) in [6.07, 6.45) is 0. The van der Waals surface area contributed by atoms with Crippen molar-refractivity contribution in [3.63, 3.8) is 0 Å². The Kier molecular flexibility index (Phi) is 10.7. The smallest absolute Gasteiger partial charge is 0.194 e. The molecule has 0 N–H and O–H groups in total. The number of hydrogen-bond acceptors (Lipinski definition) is 8. The number of rotatable bonds is 8. The van der Waals surface area contributed by atoms with Gasteiger partial charge in [0.25, 0.3) is 0 Å². The lowest BCUT2D eigenvalue weighted by atomic mass is 9.97. The van der Waals surface area contributed by atoms with Gasteiger partial charge >= 0.3 is 0 Å². The molecular formula is C65H41N9. The predicted molar refractivity (Wildman–Crippen MR) is 298 cm³/mol. The van der Waals surface area contributed by atoms with Crippen LogP contribution >= 0.6 is 0 Å². The number of para-hydroxylation sites is 11. The van der Waals surface area contributed by atoms with Crippen LogP contribution in [0.3, 0.4) is 0 Å². The lowest BCUT2D eigenvalue weighted by Crippen LogP contribution is -2.24. The fourth-order valence-corrected chi connectivity index (χ4v) is 10.3. The molecule has 0 spiro atoms. The molecule has 0 bridgehead atoms. The van der Waals surface area contributed by atoms with Gasteiger partial charge in [-0.2, -0.15) is 5.26 Å². The number of anilines is 12. The van der Waals surface area contributed by atoms with Crippen molar-refractivity contribution < 1.29 is 0 Å². The molecule has 74 heavy (non-hydrogen) atoms. The third kappa shape index (κ3) is 7.36. The van der Waals surface area contributed by atoms with Crippen LogP contribution in [0.2, 0.25) is 0 Å². The van der Waals surface area contributed by atoms with Crippen molar-refractivity contribution in [2.75, 3.05) is 19.6 Å². The zero-order chi connectivity index (χ0) is 49.5. The second-order valence-electron chi connectivity index (χ2n) is 17.8. The molecule has 0 aliphatic carbocycles. The summed E-state index contributed by atoms with van der Waals surface area (Å²) in [7, 11) is 0. The van der Waals surface area contributed by atoms with Crippen molar-refractivity contribution >= 4 is 73.9 Å². The van der Waals surface area contributed by atoms with Gasteiger partial charge in [-0.1, -0.05) is 146 Å². The van der Waals surface area contributed by atoms with Crippen LogP contribution in [0.15, 0.2) is 249 Å². The van der Waals surface area contributed by atoms with Crippen LogP contribution in [-0.4, -0.2) is 15.0 Å². The molecule has 0 radical (unpaired) electrons. The van der Waals surface area contributed by atoms with E-state index in [1.165, 1.54) is 0 Å². The Hall–Kier alpha value is -10.6. The van der Waals surface area contributed by atoms with Crippen LogP contribution in [0.1, 0.15) is 5.56 Å². The van der Waals surface area contributed by atoms with E-state index in [4.69, 9.17) is 21.5 Å². The first-order chi connectivity index (χ1) is 36.6. The fraction of sp³-hybridized carbons (Fsp3) is 0. The van der Waals surface area contributed by atoms with E-state index < -0.39 is 0 Å². The molecule has 2 aliphatic heterocycles. The van der Waals surface area contributed by atoms with Crippen LogP contribution in [0, 0.1) is 17.9 Å². The van der Waals surface area contributed by atoms with Crippen LogP contribution in [0.25, 0.3) is 50.1 Å². The van der Waals surface area contributed by atoms with Gasteiger partial charge in [-0.15, -0.1) is 0 Å². The Morgan fingerprint density at radius 2 is 0.743 bits per heavy atom. The van der Waals surface area contributed by atoms with Gasteiger partial charge in [-0.25, -0.2) is 19.8 Å². The third-order valence-corrected chi connectivity index (χ3v) is 13.6. The van der Waals surface area contributed by atoms with E-state index in [0.717, 1.165) is 90.5 Å². The maximum absolute atomic E-state index is 10.6.